The Morgan fingerprint density at radius 3 is 2.37 bits per heavy atom. The fourth-order valence-electron chi connectivity index (χ4n) is 2.64. The number of benzene rings is 2. The number of hydrogen-bond acceptors (Lipinski definition) is 4. The maximum Gasteiger partial charge on any atom is 0.573 e. The van der Waals surface area contributed by atoms with Gasteiger partial charge in [0.2, 0.25) is 0 Å². The standard InChI is InChI=1S/C18H11ClF3NO4/c1-26-13-8-3-2-7-12(13)14-15(19)17(25)23(16(14)24)10-5-4-6-11(9-10)27-18(20,21)22/h2-9H,1H3. The first kappa shape index (κ1) is 18.8. The second-order valence-corrected chi connectivity index (χ2v) is 5.76. The summed E-state index contributed by atoms with van der Waals surface area (Å²) >= 11 is 6.08. The molecular formula is C18H11ClF3NO4. The SMILES string of the molecule is COc1ccccc1C1=C(Cl)C(=O)N(c2cccc(OC(F)(F)F)c2)C1=O. The van der Waals surface area contributed by atoms with Crippen LogP contribution in [0.5, 0.6) is 11.5 Å². The van der Waals surface area contributed by atoms with E-state index in [9.17, 15) is 22.8 Å². The molecular weight excluding hydrogens is 387 g/mol. The van der Waals surface area contributed by atoms with E-state index in [4.69, 9.17) is 16.3 Å². The molecule has 2 aromatic rings. The Morgan fingerprint density at radius 2 is 1.70 bits per heavy atom. The number of carbonyl (C=O) groups is 2. The Morgan fingerprint density at radius 1 is 1.00 bits per heavy atom. The molecule has 1 aliphatic rings. The van der Waals surface area contributed by atoms with Crippen LogP contribution in [0.1, 0.15) is 5.56 Å². The van der Waals surface area contributed by atoms with Gasteiger partial charge >= 0.3 is 6.36 Å². The van der Waals surface area contributed by atoms with Gasteiger partial charge in [0, 0.05) is 11.6 Å². The summed E-state index contributed by atoms with van der Waals surface area (Å²) in [5.74, 6) is -1.88. The zero-order chi connectivity index (χ0) is 19.8. The molecule has 2 amide bonds. The van der Waals surface area contributed by atoms with Gasteiger partial charge in [-0.05, 0) is 18.2 Å². The first-order valence-electron chi connectivity index (χ1n) is 7.50. The molecule has 0 spiro atoms. The second-order valence-electron chi connectivity index (χ2n) is 5.38. The fraction of sp³-hybridized carbons (Fsp3) is 0.111. The molecule has 0 unspecified atom stereocenters. The van der Waals surface area contributed by atoms with Gasteiger partial charge in [0.1, 0.15) is 16.5 Å². The highest BCUT2D eigenvalue weighted by Gasteiger charge is 2.40. The van der Waals surface area contributed by atoms with Crippen molar-refractivity contribution in [3.63, 3.8) is 0 Å². The van der Waals surface area contributed by atoms with Crippen LogP contribution in [0.2, 0.25) is 0 Å². The molecule has 3 rings (SSSR count). The van der Waals surface area contributed by atoms with Gasteiger partial charge in [-0.25, -0.2) is 4.90 Å². The molecule has 0 fully saturated rings. The smallest absolute Gasteiger partial charge is 0.496 e. The molecule has 140 valence electrons. The number of hydrogen-bond donors (Lipinski definition) is 0. The van der Waals surface area contributed by atoms with Crippen LogP contribution in [0.4, 0.5) is 18.9 Å². The molecule has 0 aliphatic carbocycles. The highest BCUT2D eigenvalue weighted by atomic mass is 35.5. The van der Waals surface area contributed by atoms with Crippen LogP contribution in [0.25, 0.3) is 5.57 Å². The molecule has 0 radical (unpaired) electrons. The largest absolute Gasteiger partial charge is 0.573 e. The predicted molar refractivity (Wildman–Crippen MR) is 91.4 cm³/mol. The van der Waals surface area contributed by atoms with Crippen LogP contribution in [-0.2, 0) is 9.59 Å². The highest BCUT2D eigenvalue weighted by Crippen LogP contribution is 2.39. The van der Waals surface area contributed by atoms with Crippen molar-refractivity contribution < 1.29 is 32.2 Å². The number of para-hydroxylation sites is 1. The van der Waals surface area contributed by atoms with E-state index in [1.165, 1.54) is 19.2 Å². The van der Waals surface area contributed by atoms with Gasteiger partial charge in [0.15, 0.2) is 0 Å². The van der Waals surface area contributed by atoms with E-state index >= 15 is 0 Å². The molecule has 27 heavy (non-hydrogen) atoms. The number of amides is 2. The maximum absolute atomic E-state index is 12.8. The fourth-order valence-corrected chi connectivity index (χ4v) is 2.91. The van der Waals surface area contributed by atoms with Crippen molar-refractivity contribution in [2.75, 3.05) is 12.0 Å². The zero-order valence-corrected chi connectivity index (χ0v) is 14.5. The minimum atomic E-state index is -4.91. The van der Waals surface area contributed by atoms with Crippen LogP contribution in [0, 0.1) is 0 Å². The van der Waals surface area contributed by atoms with Crippen LogP contribution < -0.4 is 14.4 Å². The summed E-state index contributed by atoms with van der Waals surface area (Å²) in [4.78, 5) is 26.0. The van der Waals surface area contributed by atoms with Gasteiger partial charge < -0.3 is 9.47 Å². The number of halogens is 4. The topological polar surface area (TPSA) is 55.8 Å². The van der Waals surface area contributed by atoms with Gasteiger partial charge in [0.05, 0.1) is 18.4 Å². The second kappa shape index (κ2) is 6.96. The van der Waals surface area contributed by atoms with Gasteiger partial charge in [-0.1, -0.05) is 35.9 Å². The molecule has 0 atom stereocenters. The van der Waals surface area contributed by atoms with E-state index in [1.54, 1.807) is 24.3 Å². The third kappa shape index (κ3) is 3.61. The molecule has 1 aliphatic heterocycles. The molecule has 0 bridgehead atoms. The zero-order valence-electron chi connectivity index (χ0n) is 13.7. The lowest BCUT2D eigenvalue weighted by molar-refractivity contribution is -0.274. The molecule has 0 saturated carbocycles. The molecule has 2 aromatic carbocycles. The van der Waals surface area contributed by atoms with E-state index in [-0.39, 0.29) is 16.3 Å². The lowest BCUT2D eigenvalue weighted by Crippen LogP contribution is -2.31. The Balaban J connectivity index is 2.01. The van der Waals surface area contributed by atoms with Crippen LogP contribution in [0.15, 0.2) is 53.6 Å². The highest BCUT2D eigenvalue weighted by molar-refractivity contribution is 6.60. The number of carbonyl (C=O) groups excluding carboxylic acids is 2. The third-order valence-electron chi connectivity index (χ3n) is 3.71. The van der Waals surface area contributed by atoms with Crippen molar-refractivity contribution in [1.82, 2.24) is 0 Å². The Bertz CT molecular complexity index is 956. The van der Waals surface area contributed by atoms with Crippen molar-refractivity contribution in [3.8, 4) is 11.5 Å². The van der Waals surface area contributed by atoms with Gasteiger partial charge in [-0.3, -0.25) is 9.59 Å². The average molecular weight is 398 g/mol. The van der Waals surface area contributed by atoms with E-state index in [2.05, 4.69) is 4.74 Å². The summed E-state index contributed by atoms with van der Waals surface area (Å²) in [5, 5.41) is -0.355. The molecule has 5 nitrogen and oxygen atoms in total. The number of rotatable bonds is 4. The summed E-state index contributed by atoms with van der Waals surface area (Å²) in [7, 11) is 1.39. The monoisotopic (exact) mass is 397 g/mol. The van der Waals surface area contributed by atoms with Crippen molar-refractivity contribution in [2.45, 2.75) is 6.36 Å². The summed E-state index contributed by atoms with van der Waals surface area (Å²) in [5.41, 5.74) is 0.101. The van der Waals surface area contributed by atoms with Crippen molar-refractivity contribution >= 4 is 34.7 Å². The van der Waals surface area contributed by atoms with Crippen LogP contribution in [0.3, 0.4) is 0 Å². The molecule has 9 heteroatoms. The normalized spacial score (nSPS) is 14.8. The Kier molecular flexibility index (Phi) is 4.84. The average Bonchev–Trinajstić information content (AvgIpc) is 2.83. The summed E-state index contributed by atoms with van der Waals surface area (Å²) in [6.45, 7) is 0. The van der Waals surface area contributed by atoms with Crippen LogP contribution >= 0.6 is 11.6 Å². The number of imide groups is 1. The van der Waals surface area contributed by atoms with E-state index < -0.39 is 23.9 Å². The molecule has 0 N–H and O–H groups in total. The number of methoxy groups -OCH3 is 1. The summed E-state index contributed by atoms with van der Waals surface area (Å²) in [6, 6.07) is 11.0. The number of nitrogens with zero attached hydrogens (tertiary/aromatic N) is 1. The maximum atomic E-state index is 12.8. The quantitative estimate of drug-likeness (QED) is 0.728. The number of anilines is 1. The Hall–Kier alpha value is -3.00. The van der Waals surface area contributed by atoms with Crippen molar-refractivity contribution in [3.05, 3.63) is 59.1 Å². The molecule has 1 heterocycles. The van der Waals surface area contributed by atoms with Gasteiger partial charge in [0.25, 0.3) is 11.8 Å². The van der Waals surface area contributed by atoms with Crippen molar-refractivity contribution in [1.29, 1.82) is 0 Å². The van der Waals surface area contributed by atoms with Gasteiger partial charge in [-0.15, -0.1) is 13.2 Å². The molecule has 0 saturated heterocycles. The van der Waals surface area contributed by atoms with Gasteiger partial charge in [-0.2, -0.15) is 0 Å². The van der Waals surface area contributed by atoms with E-state index in [1.807, 2.05) is 0 Å². The first-order valence-corrected chi connectivity index (χ1v) is 7.88. The lowest BCUT2D eigenvalue weighted by Gasteiger charge is -2.17. The summed E-state index contributed by atoms with van der Waals surface area (Å²) in [6.07, 6.45) is -4.91. The van der Waals surface area contributed by atoms with Crippen LogP contribution in [-0.4, -0.2) is 25.3 Å². The minimum absolute atomic E-state index is 0.0961. The predicted octanol–water partition coefficient (Wildman–Crippen LogP) is 4.12. The Labute approximate surface area is 156 Å². The molecule has 0 aromatic heterocycles. The third-order valence-corrected chi connectivity index (χ3v) is 4.06. The minimum Gasteiger partial charge on any atom is -0.496 e. The number of alkyl halides is 3. The first-order chi connectivity index (χ1) is 12.7. The lowest BCUT2D eigenvalue weighted by atomic mass is 10.1. The number of ether oxygens (including phenoxy) is 2. The van der Waals surface area contributed by atoms with E-state index in [0.717, 1.165) is 12.1 Å². The van der Waals surface area contributed by atoms with E-state index in [0.29, 0.717) is 16.2 Å². The van der Waals surface area contributed by atoms with Crippen molar-refractivity contribution in [2.24, 2.45) is 0 Å². The summed E-state index contributed by atoms with van der Waals surface area (Å²) < 4.78 is 46.3.